The van der Waals surface area contributed by atoms with Crippen LogP contribution < -0.4 is 15.8 Å². The van der Waals surface area contributed by atoms with E-state index in [1.807, 2.05) is 0 Å². The predicted molar refractivity (Wildman–Crippen MR) is 101 cm³/mol. The average Bonchev–Trinajstić information content (AvgIpc) is 3.44. The Kier molecular flexibility index (Phi) is 4.45. The van der Waals surface area contributed by atoms with Gasteiger partial charge in [0.05, 0.1) is 25.0 Å². The summed E-state index contributed by atoms with van der Waals surface area (Å²) in [6.45, 7) is 1.74. The molecule has 3 N–H and O–H groups in total. The Labute approximate surface area is 163 Å². The average molecular weight is 405 g/mol. The predicted octanol–water partition coefficient (Wildman–Crippen LogP) is 2.68. The van der Waals surface area contributed by atoms with Crippen LogP contribution in [-0.2, 0) is 5.54 Å². The van der Waals surface area contributed by atoms with Gasteiger partial charge in [-0.1, -0.05) is 11.8 Å². The van der Waals surface area contributed by atoms with Crippen LogP contribution in [0.4, 0.5) is 14.5 Å². The number of aliphatic imine (C=N–C) groups is 1. The van der Waals surface area contributed by atoms with Gasteiger partial charge in [0.25, 0.3) is 5.91 Å². The number of methoxy groups -OCH3 is 1. The van der Waals surface area contributed by atoms with Crippen LogP contribution in [0, 0.1) is 17.6 Å². The lowest BCUT2D eigenvalue weighted by molar-refractivity contribution is 0.102. The van der Waals surface area contributed by atoms with Crippen LogP contribution in [0.15, 0.2) is 29.5 Å². The van der Waals surface area contributed by atoms with Crippen molar-refractivity contribution in [2.24, 2.45) is 16.6 Å². The number of hydrogen-bond donors (Lipinski definition) is 2. The van der Waals surface area contributed by atoms with Crippen molar-refractivity contribution in [1.29, 1.82) is 0 Å². The number of nitrogens with two attached hydrogens (primary N) is 1. The molecule has 1 saturated carbocycles. The number of nitrogens with one attached hydrogen (secondary N) is 1. The number of carbonyl (C=O) groups excluding carboxylic acids is 1. The van der Waals surface area contributed by atoms with Crippen molar-refractivity contribution in [2.75, 3.05) is 12.4 Å². The Hall–Kier alpha value is -2.75. The van der Waals surface area contributed by atoms with Crippen LogP contribution in [0.2, 0.25) is 0 Å². The third kappa shape index (κ3) is 3.17. The maximum Gasteiger partial charge on any atom is 0.275 e. The second kappa shape index (κ2) is 6.69. The molecule has 0 spiro atoms. The molecule has 1 amide bonds. The smallest absolute Gasteiger partial charge is 0.275 e. The molecule has 0 bridgehead atoms. The van der Waals surface area contributed by atoms with Gasteiger partial charge in [0.15, 0.2) is 16.8 Å². The lowest BCUT2D eigenvalue weighted by Crippen LogP contribution is -2.32. The Balaban J connectivity index is 1.66. The number of amides is 1. The van der Waals surface area contributed by atoms with Gasteiger partial charge in [0, 0.05) is 28.5 Å². The highest BCUT2D eigenvalue weighted by Crippen LogP contribution is 2.57. The number of hydrogen-bond acceptors (Lipinski definition) is 7. The molecule has 4 rings (SSSR count). The largest absolute Gasteiger partial charge is 0.480 e. The van der Waals surface area contributed by atoms with Crippen molar-refractivity contribution >= 4 is 28.5 Å². The molecular formula is C18H17F2N5O2S. The summed E-state index contributed by atoms with van der Waals surface area (Å²) in [6.07, 6.45) is 3.34. The topological polar surface area (TPSA) is 102 Å². The standard InChI is InChI=1S/C18H17F2N5O2S/c1-18(9-5-13(9)28-17(21)25-18)10-3-8(4-11(19)15(10)20)24-16(26)12-6-23-14(27-2)7-22-12/h3-4,6-7,9,13H,5H2,1-2H3,(H2,21,25)(H,24,26)/t9?,13?,18-/m0/s1. The number of anilines is 1. The fraction of sp³-hybridized carbons (Fsp3) is 0.333. The van der Waals surface area contributed by atoms with Crippen LogP contribution >= 0.6 is 11.8 Å². The van der Waals surface area contributed by atoms with Crippen LogP contribution in [0.5, 0.6) is 5.88 Å². The van der Waals surface area contributed by atoms with E-state index in [0.29, 0.717) is 5.17 Å². The molecule has 2 unspecified atom stereocenters. The summed E-state index contributed by atoms with van der Waals surface area (Å²) in [4.78, 5) is 24.6. The van der Waals surface area contributed by atoms with Gasteiger partial charge in [-0.2, -0.15) is 0 Å². The lowest BCUT2D eigenvalue weighted by Gasteiger charge is -2.30. The van der Waals surface area contributed by atoms with E-state index in [4.69, 9.17) is 10.5 Å². The molecule has 2 heterocycles. The van der Waals surface area contributed by atoms with Crippen LogP contribution in [-0.4, -0.2) is 33.4 Å². The fourth-order valence-corrected chi connectivity index (χ4v) is 4.70. The minimum Gasteiger partial charge on any atom is -0.480 e. The van der Waals surface area contributed by atoms with E-state index in [1.165, 1.54) is 37.3 Å². The highest BCUT2D eigenvalue weighted by molar-refractivity contribution is 8.14. The molecule has 146 valence electrons. The molecule has 2 aliphatic rings. The number of halogens is 2. The summed E-state index contributed by atoms with van der Waals surface area (Å²) in [7, 11) is 1.43. The van der Waals surface area contributed by atoms with Gasteiger partial charge in [0.1, 0.15) is 5.69 Å². The Morgan fingerprint density at radius 2 is 2.14 bits per heavy atom. The molecule has 0 radical (unpaired) electrons. The number of thioether (sulfide) groups is 1. The first-order chi connectivity index (χ1) is 13.3. The molecule has 1 aliphatic heterocycles. The Morgan fingerprint density at radius 3 is 2.82 bits per heavy atom. The summed E-state index contributed by atoms with van der Waals surface area (Å²) in [5, 5.41) is 3.13. The first-order valence-electron chi connectivity index (χ1n) is 8.50. The van der Waals surface area contributed by atoms with Gasteiger partial charge in [0.2, 0.25) is 5.88 Å². The van der Waals surface area contributed by atoms with E-state index in [9.17, 15) is 13.6 Å². The molecule has 10 heteroatoms. The zero-order chi connectivity index (χ0) is 20.1. The number of ether oxygens (including phenoxy) is 1. The molecular weight excluding hydrogens is 388 g/mol. The van der Waals surface area contributed by atoms with E-state index < -0.39 is 23.1 Å². The maximum atomic E-state index is 14.6. The highest BCUT2D eigenvalue weighted by atomic mass is 32.2. The molecule has 1 aromatic carbocycles. The molecule has 1 aromatic heterocycles. The Bertz CT molecular complexity index is 985. The number of nitrogens with zero attached hydrogens (tertiary/aromatic N) is 3. The van der Waals surface area contributed by atoms with E-state index >= 15 is 0 Å². The van der Waals surface area contributed by atoms with Crippen molar-refractivity contribution in [3.63, 3.8) is 0 Å². The molecule has 1 aliphatic carbocycles. The van der Waals surface area contributed by atoms with Crippen LogP contribution in [0.3, 0.4) is 0 Å². The fourth-order valence-electron chi connectivity index (χ4n) is 3.41. The zero-order valence-electron chi connectivity index (χ0n) is 15.1. The molecule has 1 fully saturated rings. The summed E-state index contributed by atoms with van der Waals surface area (Å²) < 4.78 is 33.8. The summed E-state index contributed by atoms with van der Waals surface area (Å²) in [6, 6.07) is 2.32. The molecule has 28 heavy (non-hydrogen) atoms. The van der Waals surface area contributed by atoms with Crippen molar-refractivity contribution in [2.45, 2.75) is 24.1 Å². The van der Waals surface area contributed by atoms with Gasteiger partial charge in [-0.15, -0.1) is 0 Å². The SMILES string of the molecule is COc1cnc(C(=O)Nc2cc(F)c(F)c([C@@]3(C)N=C(N)SC4CC43)c2)cn1. The van der Waals surface area contributed by atoms with Gasteiger partial charge in [-0.3, -0.25) is 9.79 Å². The number of amidine groups is 1. The van der Waals surface area contributed by atoms with E-state index in [0.717, 1.165) is 12.5 Å². The normalized spacial score (nSPS) is 25.5. The molecule has 3 atom stereocenters. The minimum absolute atomic E-state index is 0.0110. The number of benzene rings is 1. The minimum atomic E-state index is -1.07. The lowest BCUT2D eigenvalue weighted by atomic mass is 9.86. The van der Waals surface area contributed by atoms with Gasteiger partial charge in [-0.05, 0) is 19.4 Å². The number of fused-ring (bicyclic) bond motifs is 1. The maximum absolute atomic E-state index is 14.6. The molecule has 0 saturated heterocycles. The van der Waals surface area contributed by atoms with Crippen LogP contribution in [0.25, 0.3) is 0 Å². The first kappa shape index (κ1) is 18.6. The van der Waals surface area contributed by atoms with Crippen molar-refractivity contribution in [3.8, 4) is 5.88 Å². The van der Waals surface area contributed by atoms with E-state index in [2.05, 4.69) is 20.3 Å². The molecule has 7 nitrogen and oxygen atoms in total. The van der Waals surface area contributed by atoms with E-state index in [1.54, 1.807) is 6.92 Å². The second-order valence-electron chi connectivity index (χ2n) is 6.81. The summed E-state index contributed by atoms with van der Waals surface area (Å²) in [5.41, 5.74) is 5.07. The van der Waals surface area contributed by atoms with E-state index in [-0.39, 0.29) is 34.0 Å². The Morgan fingerprint density at radius 1 is 1.36 bits per heavy atom. The van der Waals surface area contributed by atoms with Crippen molar-refractivity contribution in [3.05, 3.63) is 47.4 Å². The third-order valence-corrected chi connectivity index (χ3v) is 6.13. The summed E-state index contributed by atoms with van der Waals surface area (Å²) >= 11 is 1.45. The van der Waals surface area contributed by atoms with Crippen molar-refractivity contribution < 1.29 is 18.3 Å². The van der Waals surface area contributed by atoms with Crippen molar-refractivity contribution in [1.82, 2.24) is 9.97 Å². The molecule has 2 aromatic rings. The van der Waals surface area contributed by atoms with Gasteiger partial charge >= 0.3 is 0 Å². The monoisotopic (exact) mass is 405 g/mol. The number of carbonyl (C=O) groups is 1. The van der Waals surface area contributed by atoms with Crippen LogP contribution in [0.1, 0.15) is 29.4 Å². The number of aromatic nitrogens is 2. The third-order valence-electron chi connectivity index (χ3n) is 4.97. The van der Waals surface area contributed by atoms with Gasteiger partial charge in [-0.25, -0.2) is 18.7 Å². The number of rotatable bonds is 4. The zero-order valence-corrected chi connectivity index (χ0v) is 15.9. The van der Waals surface area contributed by atoms with Gasteiger partial charge < -0.3 is 15.8 Å². The second-order valence-corrected chi connectivity index (χ2v) is 8.07. The first-order valence-corrected chi connectivity index (χ1v) is 9.38. The highest BCUT2D eigenvalue weighted by Gasteiger charge is 2.56. The summed E-state index contributed by atoms with van der Waals surface area (Å²) in [5.74, 6) is -2.34. The quantitative estimate of drug-likeness (QED) is 0.811.